The van der Waals surface area contributed by atoms with E-state index in [1.165, 1.54) is 6.42 Å². The smallest absolute Gasteiger partial charge is 0.0726 e. The minimum absolute atomic E-state index is 0.384. The molecule has 0 amide bonds. The molecular formula is C10H21NO2. The molecule has 0 spiro atoms. The van der Waals surface area contributed by atoms with Crippen molar-refractivity contribution in [3.05, 3.63) is 0 Å². The van der Waals surface area contributed by atoms with Gasteiger partial charge in [0.2, 0.25) is 0 Å². The van der Waals surface area contributed by atoms with Crippen LogP contribution in [0, 0.1) is 5.92 Å². The molecule has 1 N–H and O–H groups in total. The van der Waals surface area contributed by atoms with Gasteiger partial charge in [-0.1, -0.05) is 6.92 Å². The summed E-state index contributed by atoms with van der Waals surface area (Å²) >= 11 is 0. The van der Waals surface area contributed by atoms with E-state index in [9.17, 15) is 0 Å². The molecule has 0 aromatic carbocycles. The molecule has 3 nitrogen and oxygen atoms in total. The van der Waals surface area contributed by atoms with Crippen LogP contribution in [0.15, 0.2) is 0 Å². The first-order chi connectivity index (χ1) is 6.34. The lowest BCUT2D eigenvalue weighted by Gasteiger charge is -2.29. The third-order valence-corrected chi connectivity index (χ3v) is 2.52. The Kier molecular flexibility index (Phi) is 5.35. The first kappa shape index (κ1) is 11.0. The molecule has 2 unspecified atom stereocenters. The predicted molar refractivity (Wildman–Crippen MR) is 52.9 cm³/mol. The predicted octanol–water partition coefficient (Wildman–Crippen LogP) is 1.04. The fourth-order valence-electron chi connectivity index (χ4n) is 1.59. The minimum Gasteiger partial charge on any atom is -0.379 e. The standard InChI is InChI=1S/C10H21NO2/c1-3-12-6-7-13-10-8-11-5-4-9(10)2/h9-11H,3-8H2,1-2H3. The fourth-order valence-corrected chi connectivity index (χ4v) is 1.59. The lowest BCUT2D eigenvalue weighted by molar-refractivity contribution is -0.0248. The molecule has 1 fully saturated rings. The van der Waals surface area contributed by atoms with Gasteiger partial charge in [0.1, 0.15) is 0 Å². The summed E-state index contributed by atoms with van der Waals surface area (Å²) in [5.74, 6) is 0.683. The Morgan fingerprint density at radius 1 is 1.38 bits per heavy atom. The van der Waals surface area contributed by atoms with Crippen molar-refractivity contribution in [1.82, 2.24) is 5.32 Å². The third kappa shape index (κ3) is 4.07. The average Bonchev–Trinajstić information content (AvgIpc) is 2.15. The maximum Gasteiger partial charge on any atom is 0.0726 e. The Balaban J connectivity index is 2.05. The summed E-state index contributed by atoms with van der Waals surface area (Å²) in [4.78, 5) is 0. The molecule has 1 heterocycles. The molecule has 1 rings (SSSR count). The Hall–Kier alpha value is -0.120. The van der Waals surface area contributed by atoms with Crippen molar-refractivity contribution in [3.8, 4) is 0 Å². The van der Waals surface area contributed by atoms with E-state index in [1.807, 2.05) is 6.92 Å². The van der Waals surface area contributed by atoms with Crippen LogP contribution in [-0.2, 0) is 9.47 Å². The Bertz CT molecular complexity index is 130. The lowest BCUT2D eigenvalue weighted by atomic mass is 9.97. The number of hydrogen-bond acceptors (Lipinski definition) is 3. The highest BCUT2D eigenvalue weighted by Crippen LogP contribution is 2.14. The third-order valence-electron chi connectivity index (χ3n) is 2.52. The summed E-state index contributed by atoms with van der Waals surface area (Å²) in [5.41, 5.74) is 0. The van der Waals surface area contributed by atoms with Crippen molar-refractivity contribution in [1.29, 1.82) is 0 Å². The highest BCUT2D eigenvalue weighted by Gasteiger charge is 2.20. The van der Waals surface area contributed by atoms with E-state index >= 15 is 0 Å². The SMILES string of the molecule is CCOCCOC1CNCCC1C. The van der Waals surface area contributed by atoms with E-state index in [-0.39, 0.29) is 0 Å². The topological polar surface area (TPSA) is 30.5 Å². The van der Waals surface area contributed by atoms with Gasteiger partial charge in [-0.3, -0.25) is 0 Å². The Labute approximate surface area is 80.8 Å². The van der Waals surface area contributed by atoms with Crippen molar-refractivity contribution in [2.75, 3.05) is 32.9 Å². The summed E-state index contributed by atoms with van der Waals surface area (Å²) < 4.78 is 10.9. The molecule has 1 aliphatic heterocycles. The van der Waals surface area contributed by atoms with Gasteiger partial charge in [-0.15, -0.1) is 0 Å². The van der Waals surface area contributed by atoms with Crippen LogP contribution in [0.4, 0.5) is 0 Å². The second-order valence-electron chi connectivity index (χ2n) is 3.58. The second kappa shape index (κ2) is 6.35. The van der Waals surface area contributed by atoms with Gasteiger partial charge < -0.3 is 14.8 Å². The van der Waals surface area contributed by atoms with Gasteiger partial charge in [-0.05, 0) is 25.8 Å². The van der Waals surface area contributed by atoms with Crippen LogP contribution in [0.2, 0.25) is 0 Å². The van der Waals surface area contributed by atoms with Crippen molar-refractivity contribution >= 4 is 0 Å². The van der Waals surface area contributed by atoms with Crippen molar-refractivity contribution in [3.63, 3.8) is 0 Å². The minimum atomic E-state index is 0.384. The molecule has 0 aliphatic carbocycles. The van der Waals surface area contributed by atoms with Crippen LogP contribution in [0.25, 0.3) is 0 Å². The molecule has 2 atom stereocenters. The van der Waals surface area contributed by atoms with Crippen molar-refractivity contribution in [2.45, 2.75) is 26.4 Å². The van der Waals surface area contributed by atoms with Gasteiger partial charge in [-0.25, -0.2) is 0 Å². The largest absolute Gasteiger partial charge is 0.379 e. The molecule has 0 radical (unpaired) electrons. The van der Waals surface area contributed by atoms with E-state index in [0.29, 0.717) is 12.0 Å². The molecular weight excluding hydrogens is 166 g/mol. The maximum atomic E-state index is 5.71. The van der Waals surface area contributed by atoms with E-state index in [1.54, 1.807) is 0 Å². The van der Waals surface area contributed by atoms with Crippen molar-refractivity contribution in [2.24, 2.45) is 5.92 Å². The van der Waals surface area contributed by atoms with E-state index in [0.717, 1.165) is 32.9 Å². The summed E-state index contributed by atoms with van der Waals surface area (Å²) in [6.07, 6.45) is 1.61. The summed E-state index contributed by atoms with van der Waals surface area (Å²) in [7, 11) is 0. The molecule has 13 heavy (non-hydrogen) atoms. The Morgan fingerprint density at radius 2 is 2.23 bits per heavy atom. The quantitative estimate of drug-likeness (QED) is 0.652. The highest BCUT2D eigenvalue weighted by atomic mass is 16.5. The van der Waals surface area contributed by atoms with Gasteiger partial charge in [0.25, 0.3) is 0 Å². The number of nitrogens with one attached hydrogen (secondary N) is 1. The van der Waals surface area contributed by atoms with Crippen LogP contribution in [0.3, 0.4) is 0 Å². The highest BCUT2D eigenvalue weighted by molar-refractivity contribution is 4.75. The Morgan fingerprint density at radius 3 is 2.92 bits per heavy atom. The summed E-state index contributed by atoms with van der Waals surface area (Å²) in [6, 6.07) is 0. The zero-order valence-corrected chi connectivity index (χ0v) is 8.71. The fraction of sp³-hybridized carbons (Fsp3) is 1.00. The summed E-state index contributed by atoms with van der Waals surface area (Å²) in [6.45, 7) is 8.61. The van der Waals surface area contributed by atoms with E-state index in [2.05, 4.69) is 12.2 Å². The molecule has 1 saturated heterocycles. The van der Waals surface area contributed by atoms with E-state index < -0.39 is 0 Å². The van der Waals surface area contributed by atoms with Gasteiger partial charge in [0.15, 0.2) is 0 Å². The first-order valence-corrected chi connectivity index (χ1v) is 5.24. The second-order valence-corrected chi connectivity index (χ2v) is 3.58. The number of hydrogen-bond donors (Lipinski definition) is 1. The van der Waals surface area contributed by atoms with Crippen LogP contribution in [0.5, 0.6) is 0 Å². The molecule has 1 aliphatic rings. The van der Waals surface area contributed by atoms with Crippen LogP contribution >= 0.6 is 0 Å². The average molecular weight is 187 g/mol. The summed E-state index contributed by atoms with van der Waals surface area (Å²) in [5, 5.41) is 3.34. The van der Waals surface area contributed by atoms with Gasteiger partial charge >= 0.3 is 0 Å². The van der Waals surface area contributed by atoms with Crippen LogP contribution < -0.4 is 5.32 Å². The van der Waals surface area contributed by atoms with Crippen LogP contribution in [0.1, 0.15) is 20.3 Å². The molecule has 3 heteroatoms. The van der Waals surface area contributed by atoms with E-state index in [4.69, 9.17) is 9.47 Å². The molecule has 0 aromatic rings. The molecule has 0 aromatic heterocycles. The first-order valence-electron chi connectivity index (χ1n) is 5.24. The maximum absolute atomic E-state index is 5.71. The molecule has 0 bridgehead atoms. The van der Waals surface area contributed by atoms with Crippen molar-refractivity contribution < 1.29 is 9.47 Å². The number of rotatable bonds is 5. The zero-order valence-electron chi connectivity index (χ0n) is 8.71. The molecule has 0 saturated carbocycles. The van der Waals surface area contributed by atoms with Crippen LogP contribution in [-0.4, -0.2) is 39.0 Å². The zero-order chi connectivity index (χ0) is 9.52. The number of piperidine rings is 1. The normalized spacial score (nSPS) is 29.1. The van der Waals surface area contributed by atoms with Gasteiger partial charge in [-0.2, -0.15) is 0 Å². The monoisotopic (exact) mass is 187 g/mol. The van der Waals surface area contributed by atoms with Gasteiger partial charge in [0.05, 0.1) is 19.3 Å². The lowest BCUT2D eigenvalue weighted by Crippen LogP contribution is -2.41. The number of ether oxygens (including phenoxy) is 2. The van der Waals surface area contributed by atoms with Gasteiger partial charge in [0, 0.05) is 13.2 Å². The molecule has 78 valence electrons.